The van der Waals surface area contributed by atoms with Gasteiger partial charge in [0.25, 0.3) is 0 Å². The molecule has 1 saturated heterocycles. The summed E-state index contributed by atoms with van der Waals surface area (Å²) in [6.45, 7) is 9.73. The molecule has 1 aromatic carbocycles. The summed E-state index contributed by atoms with van der Waals surface area (Å²) in [6.07, 6.45) is 0.141. The number of hydrogen-bond donors (Lipinski definition) is 1. The molecule has 3 rings (SSSR count). The Balaban J connectivity index is 1.61. The van der Waals surface area contributed by atoms with Crippen LogP contribution in [-0.2, 0) is 11.2 Å². The molecule has 7 heteroatoms. The minimum absolute atomic E-state index is 0.0843. The third-order valence-corrected chi connectivity index (χ3v) is 4.86. The summed E-state index contributed by atoms with van der Waals surface area (Å²) >= 11 is 0. The molecule has 1 aliphatic rings. The first-order valence-electron chi connectivity index (χ1n) is 9.23. The summed E-state index contributed by atoms with van der Waals surface area (Å²) in [6, 6.07) is 10.6. The van der Waals surface area contributed by atoms with Crippen LogP contribution in [-0.4, -0.2) is 65.1 Å². The minimum atomic E-state index is -0.0843. The smallest absolute Gasteiger partial charge is 0.227 e. The monoisotopic (exact) mass is 357 g/mol. The third kappa shape index (κ3) is 4.89. The molecule has 2 aromatic rings. The predicted molar refractivity (Wildman–Crippen MR) is 98.6 cm³/mol. The van der Waals surface area contributed by atoms with Gasteiger partial charge >= 0.3 is 0 Å². The maximum atomic E-state index is 12.3. The van der Waals surface area contributed by atoms with E-state index < -0.39 is 0 Å². The standard InChI is InChI=1S/C19H27N5O2/c1-3-23-9-11-24(12-10-23)17(16-7-5-4-6-8-16)14-20-19(25)13-18-21-15(2)26-22-18/h4-8,17H,3,9-14H2,1-2H3,(H,20,25). The zero-order chi connectivity index (χ0) is 18.4. The SMILES string of the molecule is CCN1CCN(C(CNC(=O)Cc2noc(C)n2)c2ccccc2)CC1. The third-order valence-electron chi connectivity index (χ3n) is 4.86. The van der Waals surface area contributed by atoms with Crippen molar-refractivity contribution in [3.8, 4) is 0 Å². The van der Waals surface area contributed by atoms with Crippen molar-refractivity contribution in [1.82, 2.24) is 25.3 Å². The Morgan fingerprint density at radius 1 is 1.23 bits per heavy atom. The maximum Gasteiger partial charge on any atom is 0.227 e. The van der Waals surface area contributed by atoms with Crippen molar-refractivity contribution in [1.29, 1.82) is 0 Å². The topological polar surface area (TPSA) is 74.5 Å². The predicted octanol–water partition coefficient (Wildman–Crippen LogP) is 1.42. The molecule has 26 heavy (non-hydrogen) atoms. The van der Waals surface area contributed by atoms with Gasteiger partial charge in [-0.3, -0.25) is 9.69 Å². The normalized spacial score (nSPS) is 17.2. The van der Waals surface area contributed by atoms with E-state index in [9.17, 15) is 4.79 Å². The summed E-state index contributed by atoms with van der Waals surface area (Å²) in [5.41, 5.74) is 1.23. The molecular formula is C19H27N5O2. The van der Waals surface area contributed by atoms with Gasteiger partial charge in [-0.2, -0.15) is 4.98 Å². The number of carbonyl (C=O) groups excluding carboxylic acids is 1. The van der Waals surface area contributed by atoms with Crippen LogP contribution in [0.25, 0.3) is 0 Å². The van der Waals surface area contributed by atoms with E-state index in [2.05, 4.69) is 56.4 Å². The van der Waals surface area contributed by atoms with Gasteiger partial charge in [0, 0.05) is 39.6 Å². The second kappa shape index (κ2) is 8.91. The van der Waals surface area contributed by atoms with E-state index in [1.54, 1.807) is 6.92 Å². The zero-order valence-electron chi connectivity index (χ0n) is 15.5. The molecule has 1 aliphatic heterocycles. The Bertz CT molecular complexity index is 695. The van der Waals surface area contributed by atoms with Gasteiger partial charge in [-0.05, 0) is 12.1 Å². The summed E-state index contributed by atoms with van der Waals surface area (Å²) < 4.78 is 4.92. The Morgan fingerprint density at radius 3 is 2.58 bits per heavy atom. The second-order valence-electron chi connectivity index (χ2n) is 6.61. The van der Waals surface area contributed by atoms with Gasteiger partial charge in [-0.1, -0.05) is 42.4 Å². The number of nitrogens with one attached hydrogen (secondary N) is 1. The average molecular weight is 357 g/mol. The molecule has 1 atom stereocenters. The quantitative estimate of drug-likeness (QED) is 0.808. The second-order valence-corrected chi connectivity index (χ2v) is 6.61. The molecule has 0 aliphatic carbocycles. The highest BCUT2D eigenvalue weighted by molar-refractivity contribution is 5.77. The number of carbonyl (C=O) groups is 1. The highest BCUT2D eigenvalue weighted by atomic mass is 16.5. The molecule has 0 radical (unpaired) electrons. The Hall–Kier alpha value is -2.25. The van der Waals surface area contributed by atoms with Crippen molar-refractivity contribution < 1.29 is 9.32 Å². The number of aryl methyl sites for hydroxylation is 1. The van der Waals surface area contributed by atoms with Crippen molar-refractivity contribution in [2.24, 2.45) is 0 Å². The summed E-state index contributed by atoms with van der Waals surface area (Å²) in [5.74, 6) is 0.815. The lowest BCUT2D eigenvalue weighted by molar-refractivity contribution is -0.120. The van der Waals surface area contributed by atoms with Crippen LogP contribution in [0, 0.1) is 6.92 Å². The number of piperazine rings is 1. The minimum Gasteiger partial charge on any atom is -0.354 e. The molecule has 7 nitrogen and oxygen atoms in total. The average Bonchev–Trinajstić information content (AvgIpc) is 3.08. The number of nitrogens with zero attached hydrogens (tertiary/aromatic N) is 4. The van der Waals surface area contributed by atoms with E-state index in [4.69, 9.17) is 4.52 Å². The highest BCUT2D eigenvalue weighted by Gasteiger charge is 2.25. The molecule has 0 spiro atoms. The molecule has 0 bridgehead atoms. The molecular weight excluding hydrogens is 330 g/mol. The lowest BCUT2D eigenvalue weighted by Crippen LogP contribution is -2.49. The molecule has 1 aromatic heterocycles. The van der Waals surface area contributed by atoms with Crippen molar-refractivity contribution >= 4 is 5.91 Å². The van der Waals surface area contributed by atoms with Gasteiger partial charge in [0.15, 0.2) is 5.82 Å². The van der Waals surface area contributed by atoms with Gasteiger partial charge in [-0.25, -0.2) is 0 Å². The van der Waals surface area contributed by atoms with Crippen LogP contribution >= 0.6 is 0 Å². The molecule has 1 amide bonds. The van der Waals surface area contributed by atoms with Crippen LogP contribution < -0.4 is 5.32 Å². The molecule has 1 unspecified atom stereocenters. The highest BCUT2D eigenvalue weighted by Crippen LogP contribution is 2.21. The summed E-state index contributed by atoms with van der Waals surface area (Å²) in [4.78, 5) is 21.3. The van der Waals surface area contributed by atoms with Crippen LogP contribution in [0.3, 0.4) is 0 Å². The van der Waals surface area contributed by atoms with Gasteiger partial charge in [-0.15, -0.1) is 0 Å². The molecule has 1 N–H and O–H groups in total. The van der Waals surface area contributed by atoms with Crippen molar-refractivity contribution in [3.05, 3.63) is 47.6 Å². The summed E-state index contributed by atoms with van der Waals surface area (Å²) in [7, 11) is 0. The number of aromatic nitrogens is 2. The number of amides is 1. The van der Waals surface area contributed by atoms with Crippen molar-refractivity contribution in [2.75, 3.05) is 39.3 Å². The molecule has 140 valence electrons. The van der Waals surface area contributed by atoms with Crippen molar-refractivity contribution in [3.63, 3.8) is 0 Å². The number of benzene rings is 1. The van der Waals surface area contributed by atoms with Crippen LogP contribution in [0.15, 0.2) is 34.9 Å². The van der Waals surface area contributed by atoms with Crippen LogP contribution in [0.1, 0.15) is 30.2 Å². The molecule has 1 fully saturated rings. The maximum absolute atomic E-state index is 12.3. The van der Waals surface area contributed by atoms with Crippen molar-refractivity contribution in [2.45, 2.75) is 26.3 Å². The Kier molecular flexibility index (Phi) is 6.35. The molecule has 0 saturated carbocycles. The van der Waals surface area contributed by atoms with Crippen LogP contribution in [0.4, 0.5) is 0 Å². The number of rotatable bonds is 7. The van der Waals surface area contributed by atoms with Gasteiger partial charge in [0.1, 0.15) is 0 Å². The van der Waals surface area contributed by atoms with E-state index in [0.29, 0.717) is 18.3 Å². The fraction of sp³-hybridized carbons (Fsp3) is 0.526. The zero-order valence-corrected chi connectivity index (χ0v) is 15.5. The lowest BCUT2D eigenvalue weighted by atomic mass is 10.0. The molecule has 2 heterocycles. The Morgan fingerprint density at radius 2 is 1.96 bits per heavy atom. The first kappa shape index (κ1) is 18.5. The van der Waals surface area contributed by atoms with E-state index in [-0.39, 0.29) is 18.4 Å². The summed E-state index contributed by atoms with van der Waals surface area (Å²) in [5, 5.41) is 6.83. The number of hydrogen-bond acceptors (Lipinski definition) is 6. The van der Waals surface area contributed by atoms with E-state index in [1.807, 2.05) is 6.07 Å². The van der Waals surface area contributed by atoms with E-state index >= 15 is 0 Å². The Labute approximate surface area is 154 Å². The van der Waals surface area contributed by atoms with Crippen LogP contribution in [0.5, 0.6) is 0 Å². The fourth-order valence-electron chi connectivity index (χ4n) is 3.35. The largest absolute Gasteiger partial charge is 0.354 e. The van der Waals surface area contributed by atoms with Gasteiger partial charge < -0.3 is 14.7 Å². The van der Waals surface area contributed by atoms with E-state index in [0.717, 1.165) is 32.7 Å². The lowest BCUT2D eigenvalue weighted by Gasteiger charge is -2.39. The van der Waals surface area contributed by atoms with Gasteiger partial charge in [0.2, 0.25) is 11.8 Å². The van der Waals surface area contributed by atoms with Gasteiger partial charge in [0.05, 0.1) is 12.5 Å². The first-order chi connectivity index (χ1) is 12.7. The fourth-order valence-corrected chi connectivity index (χ4v) is 3.35. The first-order valence-corrected chi connectivity index (χ1v) is 9.23. The number of likely N-dealkylation sites (N-methyl/N-ethyl adjacent to an activating group) is 1. The van der Waals surface area contributed by atoms with Crippen LogP contribution in [0.2, 0.25) is 0 Å². The van der Waals surface area contributed by atoms with E-state index in [1.165, 1.54) is 5.56 Å².